The highest BCUT2D eigenvalue weighted by Gasteiger charge is 2.35. The first-order valence-electron chi connectivity index (χ1n) is 7.61. The molecule has 1 aliphatic heterocycles. The third-order valence-corrected chi connectivity index (χ3v) is 4.29. The fraction of sp³-hybridized carbons (Fsp3) is 1.00. The van der Waals surface area contributed by atoms with Crippen LogP contribution in [0.5, 0.6) is 0 Å². The maximum Gasteiger partial charge on any atom is 0.411 e. The van der Waals surface area contributed by atoms with E-state index in [0.717, 1.165) is 26.2 Å². The van der Waals surface area contributed by atoms with Crippen molar-refractivity contribution in [2.75, 3.05) is 39.4 Å². The van der Waals surface area contributed by atoms with Crippen LogP contribution in [0.3, 0.4) is 0 Å². The summed E-state index contributed by atoms with van der Waals surface area (Å²) in [5.74, 6) is 0. The van der Waals surface area contributed by atoms with Crippen LogP contribution in [0.1, 0.15) is 38.5 Å². The van der Waals surface area contributed by atoms with Gasteiger partial charge in [0.15, 0.2) is 0 Å². The second kappa shape index (κ2) is 7.09. The van der Waals surface area contributed by atoms with Crippen molar-refractivity contribution in [3.63, 3.8) is 0 Å². The van der Waals surface area contributed by atoms with Crippen LogP contribution in [0.4, 0.5) is 13.2 Å². The van der Waals surface area contributed by atoms with Gasteiger partial charge in [-0.25, -0.2) is 0 Å². The molecule has 0 aromatic heterocycles. The largest absolute Gasteiger partial charge is 0.411 e. The van der Waals surface area contributed by atoms with Gasteiger partial charge in [-0.05, 0) is 19.3 Å². The Labute approximate surface area is 118 Å². The fourth-order valence-corrected chi connectivity index (χ4v) is 3.37. The van der Waals surface area contributed by atoms with E-state index in [1.54, 1.807) is 0 Å². The molecule has 0 radical (unpaired) electrons. The highest BCUT2D eigenvalue weighted by Crippen LogP contribution is 2.30. The summed E-state index contributed by atoms with van der Waals surface area (Å²) in [6.07, 6.45) is 2.83. The molecule has 1 saturated carbocycles. The lowest BCUT2D eigenvalue weighted by molar-refractivity contribution is -0.174. The highest BCUT2D eigenvalue weighted by atomic mass is 19.4. The van der Waals surface area contributed by atoms with Crippen LogP contribution in [0.25, 0.3) is 0 Å². The molecule has 2 fully saturated rings. The lowest BCUT2D eigenvalue weighted by Crippen LogP contribution is -2.61. The van der Waals surface area contributed by atoms with Gasteiger partial charge in [0.05, 0.1) is 0 Å². The Morgan fingerprint density at radius 1 is 1.15 bits per heavy atom. The van der Waals surface area contributed by atoms with E-state index in [1.807, 2.05) is 0 Å². The van der Waals surface area contributed by atoms with E-state index in [4.69, 9.17) is 0 Å². The molecule has 1 aliphatic carbocycles. The zero-order chi connectivity index (χ0) is 14.5. The first-order chi connectivity index (χ1) is 9.49. The molecule has 1 N–H and O–H groups in total. The van der Waals surface area contributed by atoms with Gasteiger partial charge in [-0.2, -0.15) is 13.2 Å². The second-order valence-corrected chi connectivity index (χ2v) is 6.07. The van der Waals surface area contributed by atoms with E-state index < -0.39 is 12.8 Å². The van der Waals surface area contributed by atoms with E-state index >= 15 is 0 Å². The fourth-order valence-electron chi connectivity index (χ4n) is 3.37. The molecule has 0 unspecified atom stereocenters. The van der Waals surface area contributed by atoms with Gasteiger partial charge in [0.1, 0.15) is 6.61 Å². The average molecular weight is 294 g/mol. The molecule has 0 aromatic carbocycles. The van der Waals surface area contributed by atoms with Gasteiger partial charge < -0.3 is 15.0 Å². The molecule has 20 heavy (non-hydrogen) atoms. The number of hydrogen-bond donors (Lipinski definition) is 1. The van der Waals surface area contributed by atoms with Crippen molar-refractivity contribution in [2.45, 2.75) is 50.2 Å². The summed E-state index contributed by atoms with van der Waals surface area (Å²) in [6, 6.07) is 0. The van der Waals surface area contributed by atoms with Crippen LogP contribution in [-0.4, -0.2) is 56.0 Å². The van der Waals surface area contributed by atoms with E-state index in [0.29, 0.717) is 6.42 Å². The van der Waals surface area contributed by atoms with Crippen LogP contribution < -0.4 is 5.32 Å². The van der Waals surface area contributed by atoms with Gasteiger partial charge in [0, 0.05) is 38.3 Å². The zero-order valence-corrected chi connectivity index (χ0v) is 12.0. The molecular weight excluding hydrogens is 269 g/mol. The number of nitrogens with zero attached hydrogens (tertiary/aromatic N) is 1. The second-order valence-electron chi connectivity index (χ2n) is 6.07. The Kier molecular flexibility index (Phi) is 5.69. The molecule has 6 heteroatoms. The highest BCUT2D eigenvalue weighted by molar-refractivity contribution is 4.96. The van der Waals surface area contributed by atoms with Crippen LogP contribution in [0.15, 0.2) is 0 Å². The minimum Gasteiger partial charge on any atom is -0.372 e. The topological polar surface area (TPSA) is 24.5 Å². The monoisotopic (exact) mass is 294 g/mol. The Bertz CT molecular complexity index is 285. The number of alkyl halides is 3. The van der Waals surface area contributed by atoms with Crippen molar-refractivity contribution < 1.29 is 17.9 Å². The minimum absolute atomic E-state index is 0.191. The Morgan fingerprint density at radius 2 is 1.90 bits per heavy atom. The van der Waals surface area contributed by atoms with Gasteiger partial charge in [-0.1, -0.05) is 19.3 Å². The number of piperazine rings is 1. The van der Waals surface area contributed by atoms with Crippen molar-refractivity contribution in [1.29, 1.82) is 0 Å². The molecule has 1 spiro atoms. The maximum absolute atomic E-state index is 11.9. The molecule has 0 bridgehead atoms. The molecule has 1 heterocycles. The van der Waals surface area contributed by atoms with E-state index in [2.05, 4.69) is 15.0 Å². The number of halogens is 3. The summed E-state index contributed by atoms with van der Waals surface area (Å²) in [7, 11) is 0. The summed E-state index contributed by atoms with van der Waals surface area (Å²) in [5.41, 5.74) is 0.267. The predicted molar refractivity (Wildman–Crippen MR) is 71.7 cm³/mol. The number of hydrogen-bond acceptors (Lipinski definition) is 3. The third-order valence-electron chi connectivity index (χ3n) is 4.29. The van der Waals surface area contributed by atoms with Crippen molar-refractivity contribution >= 4 is 0 Å². The molecule has 2 rings (SSSR count). The summed E-state index contributed by atoms with van der Waals surface area (Å²) < 4.78 is 40.5. The molecular formula is C14H25F3N2O. The molecule has 3 nitrogen and oxygen atoms in total. The molecule has 0 aromatic rings. The Balaban J connectivity index is 1.63. The van der Waals surface area contributed by atoms with Crippen LogP contribution in [0.2, 0.25) is 0 Å². The third kappa shape index (κ3) is 5.22. The van der Waals surface area contributed by atoms with Gasteiger partial charge in [0.2, 0.25) is 0 Å². The summed E-state index contributed by atoms with van der Waals surface area (Å²) in [5, 5.41) is 3.66. The van der Waals surface area contributed by atoms with E-state index in [-0.39, 0.29) is 12.1 Å². The molecule has 0 atom stereocenters. The summed E-state index contributed by atoms with van der Waals surface area (Å²) in [4.78, 5) is 2.37. The normalized spacial score (nSPS) is 24.1. The Morgan fingerprint density at radius 3 is 2.60 bits per heavy atom. The quantitative estimate of drug-likeness (QED) is 0.789. The lowest BCUT2D eigenvalue weighted by atomic mass is 9.80. The van der Waals surface area contributed by atoms with Crippen molar-refractivity contribution in [2.24, 2.45) is 0 Å². The van der Waals surface area contributed by atoms with Crippen LogP contribution in [-0.2, 0) is 4.74 Å². The van der Waals surface area contributed by atoms with Crippen LogP contribution >= 0.6 is 0 Å². The SMILES string of the molecule is FC(F)(F)COCCCN1CCNC2(CCCCC2)C1. The summed E-state index contributed by atoms with van der Waals surface area (Å²) in [6.45, 7) is 2.91. The minimum atomic E-state index is -4.21. The molecule has 0 amide bonds. The molecule has 118 valence electrons. The first-order valence-corrected chi connectivity index (χ1v) is 7.61. The van der Waals surface area contributed by atoms with E-state index in [9.17, 15) is 13.2 Å². The average Bonchev–Trinajstić information content (AvgIpc) is 2.38. The van der Waals surface area contributed by atoms with Gasteiger partial charge in [-0.15, -0.1) is 0 Å². The van der Waals surface area contributed by atoms with Crippen LogP contribution in [0, 0.1) is 0 Å². The van der Waals surface area contributed by atoms with Gasteiger partial charge in [-0.3, -0.25) is 0 Å². The van der Waals surface area contributed by atoms with E-state index in [1.165, 1.54) is 32.1 Å². The van der Waals surface area contributed by atoms with Gasteiger partial charge in [0.25, 0.3) is 0 Å². The first kappa shape index (κ1) is 16.0. The standard InChI is InChI=1S/C14H25F3N2O/c15-14(16,17)12-20-10-4-8-19-9-7-18-13(11-19)5-2-1-3-6-13/h18H,1-12H2. The van der Waals surface area contributed by atoms with Crippen molar-refractivity contribution in [3.05, 3.63) is 0 Å². The number of rotatable bonds is 5. The maximum atomic E-state index is 11.9. The predicted octanol–water partition coefficient (Wildman–Crippen LogP) is 2.56. The van der Waals surface area contributed by atoms with Gasteiger partial charge >= 0.3 is 6.18 Å². The van der Waals surface area contributed by atoms with Crippen molar-refractivity contribution in [1.82, 2.24) is 10.2 Å². The summed E-state index contributed by atoms with van der Waals surface area (Å²) >= 11 is 0. The zero-order valence-electron chi connectivity index (χ0n) is 12.0. The molecule has 2 aliphatic rings. The number of ether oxygens (including phenoxy) is 1. The Hall–Kier alpha value is -0.330. The smallest absolute Gasteiger partial charge is 0.372 e. The lowest BCUT2D eigenvalue weighted by Gasteiger charge is -2.46. The molecule has 1 saturated heterocycles. The number of nitrogens with one attached hydrogen (secondary N) is 1. The van der Waals surface area contributed by atoms with Crippen molar-refractivity contribution in [3.8, 4) is 0 Å².